The molecule has 3 heteroatoms. The van der Waals surface area contributed by atoms with Gasteiger partial charge in [0.05, 0.1) is 13.2 Å². The molecule has 0 aliphatic heterocycles. The monoisotopic (exact) mass is 340 g/mol. The lowest BCUT2D eigenvalue weighted by molar-refractivity contribution is 0.0760. The van der Waals surface area contributed by atoms with Crippen molar-refractivity contribution in [3.63, 3.8) is 0 Å². The molecule has 0 heterocycles. The van der Waals surface area contributed by atoms with E-state index in [9.17, 15) is 0 Å². The van der Waals surface area contributed by atoms with Crippen molar-refractivity contribution in [3.8, 4) is 11.5 Å². The molecular weight excluding hydrogens is 312 g/mol. The highest BCUT2D eigenvalue weighted by Crippen LogP contribution is 2.37. The lowest BCUT2D eigenvalue weighted by Gasteiger charge is -2.24. The van der Waals surface area contributed by atoms with Crippen LogP contribution in [-0.2, 0) is 4.74 Å². The smallest absolute Gasteiger partial charge is 0.122 e. The van der Waals surface area contributed by atoms with E-state index >= 15 is 0 Å². The van der Waals surface area contributed by atoms with Gasteiger partial charge in [0.1, 0.15) is 24.7 Å². The molecule has 1 aliphatic carbocycles. The van der Waals surface area contributed by atoms with Crippen LogP contribution in [0.5, 0.6) is 11.5 Å². The SMILES string of the molecule is c1ccc(OCCOCCOc2ccccc2C2CCCCC2)cc1. The van der Waals surface area contributed by atoms with Gasteiger partial charge < -0.3 is 14.2 Å². The maximum atomic E-state index is 5.99. The van der Waals surface area contributed by atoms with Gasteiger partial charge in [-0.25, -0.2) is 0 Å². The summed E-state index contributed by atoms with van der Waals surface area (Å²) in [7, 11) is 0. The first-order valence-corrected chi connectivity index (χ1v) is 9.41. The molecule has 0 unspecified atom stereocenters. The van der Waals surface area contributed by atoms with Crippen LogP contribution in [0.2, 0.25) is 0 Å². The molecule has 0 radical (unpaired) electrons. The van der Waals surface area contributed by atoms with E-state index in [0.29, 0.717) is 32.3 Å². The van der Waals surface area contributed by atoms with Gasteiger partial charge in [0.15, 0.2) is 0 Å². The summed E-state index contributed by atoms with van der Waals surface area (Å²) in [6.07, 6.45) is 6.62. The first kappa shape index (κ1) is 17.8. The van der Waals surface area contributed by atoms with Gasteiger partial charge in [-0.15, -0.1) is 0 Å². The van der Waals surface area contributed by atoms with E-state index in [2.05, 4.69) is 24.3 Å². The van der Waals surface area contributed by atoms with Crippen LogP contribution in [0.25, 0.3) is 0 Å². The molecule has 1 aliphatic rings. The Bertz CT molecular complexity index is 606. The van der Waals surface area contributed by atoms with Crippen LogP contribution in [0.3, 0.4) is 0 Å². The summed E-state index contributed by atoms with van der Waals surface area (Å²) in [5.41, 5.74) is 1.37. The fraction of sp³-hybridized carbons (Fsp3) is 0.455. The van der Waals surface area contributed by atoms with Gasteiger partial charge in [-0.1, -0.05) is 55.7 Å². The van der Waals surface area contributed by atoms with Crippen molar-refractivity contribution in [2.45, 2.75) is 38.0 Å². The number of rotatable bonds is 9. The molecule has 0 amide bonds. The summed E-state index contributed by atoms with van der Waals surface area (Å²) in [4.78, 5) is 0. The molecule has 0 atom stereocenters. The zero-order chi connectivity index (χ0) is 17.2. The van der Waals surface area contributed by atoms with Gasteiger partial charge in [0.2, 0.25) is 0 Å². The highest BCUT2D eigenvalue weighted by Gasteiger charge is 2.18. The Hall–Kier alpha value is -2.00. The minimum Gasteiger partial charge on any atom is -0.491 e. The van der Waals surface area contributed by atoms with Gasteiger partial charge in [-0.05, 0) is 42.5 Å². The molecule has 2 aromatic rings. The highest BCUT2D eigenvalue weighted by atomic mass is 16.5. The molecule has 25 heavy (non-hydrogen) atoms. The van der Waals surface area contributed by atoms with Crippen molar-refractivity contribution in [1.29, 1.82) is 0 Å². The molecular formula is C22H28O3. The fourth-order valence-electron chi connectivity index (χ4n) is 3.41. The first-order valence-electron chi connectivity index (χ1n) is 9.41. The Kier molecular flexibility index (Phi) is 7.19. The third kappa shape index (κ3) is 5.79. The predicted molar refractivity (Wildman–Crippen MR) is 101 cm³/mol. The van der Waals surface area contributed by atoms with E-state index in [1.54, 1.807) is 0 Å². The van der Waals surface area contributed by atoms with E-state index in [0.717, 1.165) is 11.5 Å². The van der Waals surface area contributed by atoms with E-state index in [4.69, 9.17) is 14.2 Å². The van der Waals surface area contributed by atoms with Crippen molar-refractivity contribution >= 4 is 0 Å². The van der Waals surface area contributed by atoms with Crippen molar-refractivity contribution < 1.29 is 14.2 Å². The normalized spacial score (nSPS) is 15.0. The second kappa shape index (κ2) is 10.1. The Morgan fingerprint density at radius 1 is 0.680 bits per heavy atom. The summed E-state index contributed by atoms with van der Waals surface area (Å²) < 4.78 is 17.2. The maximum absolute atomic E-state index is 5.99. The molecule has 1 fully saturated rings. The molecule has 0 bridgehead atoms. The number of hydrogen-bond donors (Lipinski definition) is 0. The van der Waals surface area contributed by atoms with Crippen LogP contribution < -0.4 is 9.47 Å². The maximum Gasteiger partial charge on any atom is 0.122 e. The standard InChI is InChI=1S/C22H28O3/c1-3-9-19(10-4-1)21-13-7-8-14-22(21)25-18-16-23-15-17-24-20-11-5-2-6-12-20/h2,5-8,11-14,19H,1,3-4,9-10,15-18H2. The van der Waals surface area contributed by atoms with E-state index in [1.807, 2.05) is 30.3 Å². The van der Waals surface area contributed by atoms with Crippen molar-refractivity contribution in [3.05, 3.63) is 60.2 Å². The van der Waals surface area contributed by atoms with Gasteiger partial charge in [-0.2, -0.15) is 0 Å². The third-order valence-corrected chi connectivity index (χ3v) is 4.69. The van der Waals surface area contributed by atoms with Crippen LogP contribution >= 0.6 is 0 Å². The number of ether oxygens (including phenoxy) is 3. The minimum absolute atomic E-state index is 0.558. The molecule has 0 aromatic heterocycles. The predicted octanol–water partition coefficient (Wildman–Crippen LogP) is 5.21. The zero-order valence-corrected chi connectivity index (χ0v) is 14.9. The minimum atomic E-state index is 0.558. The van der Waals surface area contributed by atoms with E-state index < -0.39 is 0 Å². The van der Waals surface area contributed by atoms with Crippen molar-refractivity contribution in [2.24, 2.45) is 0 Å². The summed E-state index contributed by atoms with van der Waals surface area (Å²) in [6.45, 7) is 2.29. The number of hydrogen-bond acceptors (Lipinski definition) is 3. The summed E-state index contributed by atoms with van der Waals surface area (Å²) in [5.74, 6) is 2.56. The molecule has 0 saturated heterocycles. The molecule has 1 saturated carbocycles. The third-order valence-electron chi connectivity index (χ3n) is 4.69. The molecule has 134 valence electrons. The summed E-state index contributed by atoms with van der Waals surface area (Å²) >= 11 is 0. The molecule has 3 nitrogen and oxygen atoms in total. The summed E-state index contributed by atoms with van der Waals surface area (Å²) in [5, 5.41) is 0. The Morgan fingerprint density at radius 3 is 2.16 bits per heavy atom. The Labute approximate surface area is 150 Å². The topological polar surface area (TPSA) is 27.7 Å². The molecule has 0 N–H and O–H groups in total. The largest absolute Gasteiger partial charge is 0.491 e. The van der Waals surface area contributed by atoms with E-state index in [1.165, 1.54) is 37.7 Å². The van der Waals surface area contributed by atoms with Crippen LogP contribution in [0, 0.1) is 0 Å². The molecule has 3 rings (SSSR count). The Balaban J connectivity index is 1.35. The van der Waals surface area contributed by atoms with Crippen molar-refractivity contribution in [1.82, 2.24) is 0 Å². The fourth-order valence-corrected chi connectivity index (χ4v) is 3.41. The average molecular weight is 340 g/mol. The van der Waals surface area contributed by atoms with Crippen LogP contribution in [0.15, 0.2) is 54.6 Å². The second-order valence-corrected chi connectivity index (χ2v) is 6.50. The average Bonchev–Trinajstić information content (AvgIpc) is 2.69. The molecule has 2 aromatic carbocycles. The van der Waals surface area contributed by atoms with Crippen molar-refractivity contribution in [2.75, 3.05) is 26.4 Å². The van der Waals surface area contributed by atoms with Gasteiger partial charge in [0, 0.05) is 0 Å². The quantitative estimate of drug-likeness (QED) is 0.587. The van der Waals surface area contributed by atoms with Crippen LogP contribution in [-0.4, -0.2) is 26.4 Å². The summed E-state index contributed by atoms with van der Waals surface area (Å²) in [6, 6.07) is 18.3. The number of benzene rings is 2. The van der Waals surface area contributed by atoms with Crippen LogP contribution in [0.4, 0.5) is 0 Å². The Morgan fingerprint density at radius 2 is 1.36 bits per heavy atom. The lowest BCUT2D eigenvalue weighted by atomic mass is 9.84. The van der Waals surface area contributed by atoms with Gasteiger partial charge >= 0.3 is 0 Å². The van der Waals surface area contributed by atoms with Crippen LogP contribution in [0.1, 0.15) is 43.6 Å². The van der Waals surface area contributed by atoms with E-state index in [-0.39, 0.29) is 0 Å². The second-order valence-electron chi connectivity index (χ2n) is 6.50. The zero-order valence-electron chi connectivity index (χ0n) is 14.9. The number of para-hydroxylation sites is 2. The first-order chi connectivity index (χ1) is 12.4. The lowest BCUT2D eigenvalue weighted by Crippen LogP contribution is -2.13. The van der Waals surface area contributed by atoms with Gasteiger partial charge in [0.25, 0.3) is 0 Å². The van der Waals surface area contributed by atoms with Gasteiger partial charge in [-0.3, -0.25) is 0 Å². The highest BCUT2D eigenvalue weighted by molar-refractivity contribution is 5.36. The molecule has 0 spiro atoms.